The van der Waals surface area contributed by atoms with E-state index in [-0.39, 0.29) is 6.04 Å². The number of hydrogen-bond acceptors (Lipinski definition) is 6. The zero-order valence-corrected chi connectivity index (χ0v) is 10.2. The number of nitriles is 1. The second-order valence-corrected chi connectivity index (χ2v) is 4.07. The van der Waals surface area contributed by atoms with Crippen LogP contribution in [0, 0.1) is 11.3 Å². The van der Waals surface area contributed by atoms with E-state index in [1.807, 2.05) is 4.90 Å². The summed E-state index contributed by atoms with van der Waals surface area (Å²) < 4.78 is 9.99. The average Bonchev–Trinajstić information content (AvgIpc) is 2.86. The molecule has 0 radical (unpaired) electrons. The largest absolute Gasteiger partial charge is 0.467 e. The van der Waals surface area contributed by atoms with Crippen LogP contribution in [0.25, 0.3) is 0 Å². The molecular weight excluding hydrogens is 234 g/mol. The Kier molecular flexibility index (Phi) is 3.97. The number of nitrogens with zero attached hydrogens (tertiary/aromatic N) is 2. The maximum atomic E-state index is 11.5. The van der Waals surface area contributed by atoms with Gasteiger partial charge < -0.3 is 14.5 Å². The SMILES string of the molecule is COC(=O)c1ccoc1CN1CCNCC1C#N. The van der Waals surface area contributed by atoms with Gasteiger partial charge in [0, 0.05) is 19.6 Å². The van der Waals surface area contributed by atoms with Crippen LogP contribution in [0.5, 0.6) is 0 Å². The van der Waals surface area contributed by atoms with Gasteiger partial charge in [0.25, 0.3) is 0 Å². The number of hydrogen-bond donors (Lipinski definition) is 1. The summed E-state index contributed by atoms with van der Waals surface area (Å²) in [5.74, 6) is 0.131. The minimum atomic E-state index is -0.414. The highest BCUT2D eigenvalue weighted by atomic mass is 16.5. The molecular formula is C12H15N3O3. The van der Waals surface area contributed by atoms with Gasteiger partial charge in [-0.05, 0) is 6.07 Å². The van der Waals surface area contributed by atoms with Gasteiger partial charge in [-0.15, -0.1) is 0 Å². The van der Waals surface area contributed by atoms with Gasteiger partial charge in [0.1, 0.15) is 17.4 Å². The molecule has 1 atom stereocenters. The topological polar surface area (TPSA) is 78.5 Å². The monoisotopic (exact) mass is 249 g/mol. The summed E-state index contributed by atoms with van der Waals surface area (Å²) in [5, 5.41) is 12.2. The van der Waals surface area contributed by atoms with E-state index in [2.05, 4.69) is 16.1 Å². The number of rotatable bonds is 3. The summed E-state index contributed by atoms with van der Waals surface area (Å²) in [7, 11) is 1.34. The fourth-order valence-corrected chi connectivity index (χ4v) is 2.00. The third kappa shape index (κ3) is 2.53. The van der Waals surface area contributed by atoms with Crippen LogP contribution in [-0.4, -0.2) is 43.7 Å². The second kappa shape index (κ2) is 5.67. The van der Waals surface area contributed by atoms with Crippen LogP contribution in [0.3, 0.4) is 0 Å². The smallest absolute Gasteiger partial charge is 0.341 e. The fraction of sp³-hybridized carbons (Fsp3) is 0.500. The number of nitrogens with one attached hydrogen (secondary N) is 1. The van der Waals surface area contributed by atoms with Gasteiger partial charge in [-0.3, -0.25) is 4.90 Å². The first kappa shape index (κ1) is 12.6. The van der Waals surface area contributed by atoms with Crippen LogP contribution in [0.15, 0.2) is 16.7 Å². The van der Waals surface area contributed by atoms with Crippen LogP contribution in [-0.2, 0) is 11.3 Å². The lowest BCUT2D eigenvalue weighted by Crippen LogP contribution is -2.50. The van der Waals surface area contributed by atoms with Crippen molar-refractivity contribution in [1.82, 2.24) is 10.2 Å². The van der Waals surface area contributed by atoms with Crippen molar-refractivity contribution in [2.24, 2.45) is 0 Å². The van der Waals surface area contributed by atoms with Crippen LogP contribution in [0.1, 0.15) is 16.1 Å². The van der Waals surface area contributed by atoms with Gasteiger partial charge in [-0.2, -0.15) is 5.26 Å². The quantitative estimate of drug-likeness (QED) is 0.779. The Hall–Kier alpha value is -1.84. The Morgan fingerprint density at radius 3 is 3.33 bits per heavy atom. The van der Waals surface area contributed by atoms with Gasteiger partial charge in [-0.1, -0.05) is 0 Å². The molecule has 6 nitrogen and oxygen atoms in total. The fourth-order valence-electron chi connectivity index (χ4n) is 2.00. The van der Waals surface area contributed by atoms with Crippen molar-refractivity contribution in [1.29, 1.82) is 5.26 Å². The van der Waals surface area contributed by atoms with E-state index in [1.54, 1.807) is 6.07 Å². The third-order valence-electron chi connectivity index (χ3n) is 3.00. The summed E-state index contributed by atoms with van der Waals surface area (Å²) >= 11 is 0. The molecule has 1 saturated heterocycles. The molecule has 0 spiro atoms. The average molecular weight is 249 g/mol. The van der Waals surface area contributed by atoms with Crippen molar-refractivity contribution < 1.29 is 13.9 Å². The Balaban J connectivity index is 2.11. The van der Waals surface area contributed by atoms with Crippen LogP contribution < -0.4 is 5.32 Å². The predicted molar refractivity (Wildman–Crippen MR) is 62.7 cm³/mol. The number of piperazine rings is 1. The molecule has 2 heterocycles. The first-order valence-corrected chi connectivity index (χ1v) is 5.75. The maximum Gasteiger partial charge on any atom is 0.341 e. The van der Waals surface area contributed by atoms with E-state index in [9.17, 15) is 4.79 Å². The molecule has 0 aliphatic carbocycles. The molecule has 6 heteroatoms. The summed E-state index contributed by atoms with van der Waals surface area (Å²) in [5.41, 5.74) is 0.424. The van der Waals surface area contributed by atoms with Gasteiger partial charge >= 0.3 is 5.97 Å². The molecule has 1 fully saturated rings. The van der Waals surface area contributed by atoms with Gasteiger partial charge in [0.15, 0.2) is 0 Å². The molecule has 0 aromatic carbocycles. The summed E-state index contributed by atoms with van der Waals surface area (Å²) in [6.07, 6.45) is 1.46. The minimum Gasteiger partial charge on any atom is -0.467 e. The van der Waals surface area contributed by atoms with Crippen LogP contribution >= 0.6 is 0 Å². The van der Waals surface area contributed by atoms with Crippen molar-refractivity contribution in [2.45, 2.75) is 12.6 Å². The van der Waals surface area contributed by atoms with Crippen molar-refractivity contribution in [3.63, 3.8) is 0 Å². The molecule has 1 aromatic rings. The number of methoxy groups -OCH3 is 1. The summed E-state index contributed by atoms with van der Waals surface area (Å²) in [4.78, 5) is 13.5. The minimum absolute atomic E-state index is 0.200. The summed E-state index contributed by atoms with van der Waals surface area (Å²) in [6, 6.07) is 3.62. The van der Waals surface area contributed by atoms with E-state index < -0.39 is 5.97 Å². The van der Waals surface area contributed by atoms with Crippen molar-refractivity contribution in [3.05, 3.63) is 23.7 Å². The van der Waals surface area contributed by atoms with Gasteiger partial charge in [0.2, 0.25) is 0 Å². The standard InChI is InChI=1S/C12H15N3O3/c1-17-12(16)10-2-5-18-11(10)8-15-4-3-14-7-9(15)6-13/h2,5,9,14H,3-4,7-8H2,1H3. The Bertz CT molecular complexity index is 463. The molecule has 1 aliphatic heterocycles. The lowest BCUT2D eigenvalue weighted by molar-refractivity contribution is 0.0595. The predicted octanol–water partition coefficient (Wildman–Crippen LogP) is 0.364. The molecule has 96 valence electrons. The van der Waals surface area contributed by atoms with Crippen molar-refractivity contribution in [3.8, 4) is 6.07 Å². The highest BCUT2D eigenvalue weighted by Crippen LogP contribution is 2.16. The number of esters is 1. The second-order valence-electron chi connectivity index (χ2n) is 4.07. The summed E-state index contributed by atoms with van der Waals surface area (Å²) in [6.45, 7) is 2.65. The first-order valence-electron chi connectivity index (χ1n) is 5.75. The maximum absolute atomic E-state index is 11.5. The Labute approximate surface area is 105 Å². The van der Waals surface area contributed by atoms with E-state index in [0.717, 1.165) is 13.1 Å². The highest BCUT2D eigenvalue weighted by Gasteiger charge is 2.25. The van der Waals surface area contributed by atoms with E-state index in [1.165, 1.54) is 13.4 Å². The highest BCUT2D eigenvalue weighted by molar-refractivity contribution is 5.90. The lowest BCUT2D eigenvalue weighted by atomic mass is 10.1. The molecule has 1 N–H and O–H groups in total. The van der Waals surface area contributed by atoms with Crippen molar-refractivity contribution in [2.75, 3.05) is 26.7 Å². The van der Waals surface area contributed by atoms with E-state index >= 15 is 0 Å². The molecule has 0 saturated carbocycles. The third-order valence-corrected chi connectivity index (χ3v) is 3.00. The molecule has 0 bridgehead atoms. The van der Waals surface area contributed by atoms with Gasteiger partial charge in [0.05, 0.1) is 26.0 Å². The molecule has 1 aromatic heterocycles. The molecule has 0 amide bonds. The van der Waals surface area contributed by atoms with E-state index in [4.69, 9.17) is 9.68 Å². The van der Waals surface area contributed by atoms with Crippen LogP contribution in [0.2, 0.25) is 0 Å². The molecule has 2 rings (SSSR count). The number of ether oxygens (including phenoxy) is 1. The Morgan fingerprint density at radius 1 is 1.78 bits per heavy atom. The molecule has 18 heavy (non-hydrogen) atoms. The normalized spacial score (nSPS) is 20.3. The zero-order chi connectivity index (χ0) is 13.0. The van der Waals surface area contributed by atoms with Gasteiger partial charge in [-0.25, -0.2) is 4.79 Å². The first-order chi connectivity index (χ1) is 8.76. The zero-order valence-electron chi connectivity index (χ0n) is 10.2. The number of carbonyl (C=O) groups excluding carboxylic acids is 1. The Morgan fingerprint density at radius 2 is 2.61 bits per heavy atom. The van der Waals surface area contributed by atoms with E-state index in [0.29, 0.717) is 24.4 Å². The molecule has 1 unspecified atom stereocenters. The lowest BCUT2D eigenvalue weighted by Gasteiger charge is -2.31. The van der Waals surface area contributed by atoms with Crippen LogP contribution in [0.4, 0.5) is 0 Å². The molecule has 1 aliphatic rings. The van der Waals surface area contributed by atoms with Crippen molar-refractivity contribution >= 4 is 5.97 Å². The number of furan rings is 1. The number of carbonyl (C=O) groups is 1.